The highest BCUT2D eigenvalue weighted by molar-refractivity contribution is 4.10. The van der Waals surface area contributed by atoms with Crippen LogP contribution < -0.4 is 0 Å². The monoisotopic (exact) mass is 119 g/mol. The van der Waals surface area contributed by atoms with Gasteiger partial charge in [-0.2, -0.15) is 0 Å². The van der Waals surface area contributed by atoms with Crippen molar-refractivity contribution in [1.29, 1.82) is 0 Å². The molecule has 0 unspecified atom stereocenters. The fourth-order valence-electron chi connectivity index (χ4n) is 0. The lowest BCUT2D eigenvalue weighted by atomic mass is 10.5. The Morgan fingerprint density at radius 3 is 1.38 bits per heavy atom. The van der Waals surface area contributed by atoms with E-state index >= 15 is 0 Å². The van der Waals surface area contributed by atoms with E-state index in [1.54, 1.807) is 0 Å². The first-order valence-electron chi connectivity index (χ1n) is 2.86. The van der Waals surface area contributed by atoms with Crippen molar-refractivity contribution in [2.24, 2.45) is 0 Å². The van der Waals surface area contributed by atoms with Gasteiger partial charge in [0, 0.05) is 6.61 Å². The molecule has 8 heavy (non-hydrogen) atoms. The first kappa shape index (κ1) is 10.8. The molecule has 2 heteroatoms. The minimum absolute atomic E-state index is 0.319. The second-order valence-corrected chi connectivity index (χ2v) is 2.07. The van der Waals surface area contributed by atoms with Gasteiger partial charge >= 0.3 is 0 Å². The molecule has 0 saturated heterocycles. The third kappa shape index (κ3) is 169. The molecule has 0 aliphatic carbocycles. The van der Waals surface area contributed by atoms with Gasteiger partial charge in [0.05, 0.1) is 0 Å². The van der Waals surface area contributed by atoms with E-state index in [9.17, 15) is 0 Å². The van der Waals surface area contributed by atoms with E-state index in [2.05, 4.69) is 0 Å². The number of aliphatic hydroxyl groups is 1. The molecule has 0 spiro atoms. The van der Waals surface area contributed by atoms with Crippen molar-refractivity contribution in [1.82, 2.24) is 4.90 Å². The standard InChI is InChI=1S/C3H9N.C3H8O/c1-4(2)3;1-2-3-4/h1-3H3;4H,2-3H2,1H3. The van der Waals surface area contributed by atoms with E-state index in [0.717, 1.165) is 6.42 Å². The van der Waals surface area contributed by atoms with Crippen LogP contribution in [0.4, 0.5) is 0 Å². The summed E-state index contributed by atoms with van der Waals surface area (Å²) in [6, 6.07) is 0. The normalized spacial score (nSPS) is 8.25. The van der Waals surface area contributed by atoms with Crippen molar-refractivity contribution in [2.75, 3.05) is 27.7 Å². The number of aliphatic hydroxyl groups excluding tert-OH is 1. The second-order valence-electron chi connectivity index (χ2n) is 2.07. The third-order valence-corrected chi connectivity index (χ3v) is 0.224. The van der Waals surface area contributed by atoms with Gasteiger partial charge in [-0.3, -0.25) is 0 Å². The van der Waals surface area contributed by atoms with Gasteiger partial charge < -0.3 is 10.0 Å². The van der Waals surface area contributed by atoms with Crippen LogP contribution in [0.25, 0.3) is 0 Å². The molecule has 0 heterocycles. The molecule has 0 aliphatic heterocycles. The summed E-state index contributed by atoms with van der Waals surface area (Å²) in [5, 5.41) is 7.88. The summed E-state index contributed by atoms with van der Waals surface area (Å²) < 4.78 is 0. The average molecular weight is 119 g/mol. The summed E-state index contributed by atoms with van der Waals surface area (Å²) in [6.07, 6.45) is 0.875. The minimum Gasteiger partial charge on any atom is -0.396 e. The van der Waals surface area contributed by atoms with E-state index in [4.69, 9.17) is 5.11 Å². The Balaban J connectivity index is 0. The lowest BCUT2D eigenvalue weighted by Gasteiger charge is -1.90. The van der Waals surface area contributed by atoms with Crippen LogP contribution in [0.5, 0.6) is 0 Å². The van der Waals surface area contributed by atoms with E-state index < -0.39 is 0 Å². The Labute approximate surface area is 52.1 Å². The highest BCUT2D eigenvalue weighted by Crippen LogP contribution is 1.61. The summed E-state index contributed by atoms with van der Waals surface area (Å²) in [5.41, 5.74) is 0. The molecule has 0 saturated carbocycles. The van der Waals surface area contributed by atoms with Gasteiger partial charge in [0.2, 0.25) is 0 Å². The zero-order valence-electron chi connectivity index (χ0n) is 6.31. The maximum atomic E-state index is 7.88. The van der Waals surface area contributed by atoms with Crippen LogP contribution in [0.15, 0.2) is 0 Å². The summed E-state index contributed by atoms with van der Waals surface area (Å²) >= 11 is 0. The van der Waals surface area contributed by atoms with Gasteiger partial charge in [-0.15, -0.1) is 0 Å². The van der Waals surface area contributed by atoms with E-state index in [1.165, 1.54) is 0 Å². The largest absolute Gasteiger partial charge is 0.396 e. The Hall–Kier alpha value is -0.0800. The van der Waals surface area contributed by atoms with Crippen LogP contribution in [0.3, 0.4) is 0 Å². The zero-order valence-corrected chi connectivity index (χ0v) is 6.31. The molecular weight excluding hydrogens is 102 g/mol. The van der Waals surface area contributed by atoms with Crippen LogP contribution in [-0.2, 0) is 0 Å². The molecule has 1 N–H and O–H groups in total. The van der Waals surface area contributed by atoms with Gasteiger partial charge in [0.15, 0.2) is 0 Å². The molecule has 2 nitrogen and oxygen atoms in total. The molecular formula is C6H17NO. The molecule has 0 rings (SSSR count). The summed E-state index contributed by atoms with van der Waals surface area (Å²) in [7, 11) is 6.00. The van der Waals surface area contributed by atoms with Gasteiger partial charge in [0.1, 0.15) is 0 Å². The number of rotatable bonds is 1. The van der Waals surface area contributed by atoms with Crippen molar-refractivity contribution in [3.8, 4) is 0 Å². The molecule has 0 aliphatic rings. The second kappa shape index (κ2) is 10.0. The Bertz CT molecular complexity index is 25.0. The van der Waals surface area contributed by atoms with Crippen LogP contribution >= 0.6 is 0 Å². The predicted molar refractivity (Wildman–Crippen MR) is 37.0 cm³/mol. The Kier molecular flexibility index (Phi) is 13.6. The fourth-order valence-corrected chi connectivity index (χ4v) is 0. The van der Waals surface area contributed by atoms with Gasteiger partial charge in [0.25, 0.3) is 0 Å². The van der Waals surface area contributed by atoms with E-state index in [-0.39, 0.29) is 0 Å². The number of nitrogens with zero attached hydrogens (tertiary/aromatic N) is 1. The van der Waals surface area contributed by atoms with Gasteiger partial charge in [-0.05, 0) is 27.6 Å². The zero-order chi connectivity index (χ0) is 6.99. The van der Waals surface area contributed by atoms with Crippen LogP contribution in [0, 0.1) is 0 Å². The highest BCUT2D eigenvalue weighted by atomic mass is 16.2. The molecule has 0 amide bonds. The summed E-state index contributed by atoms with van der Waals surface area (Å²) in [6.45, 7) is 2.25. The molecule has 52 valence electrons. The third-order valence-electron chi connectivity index (χ3n) is 0.224. The molecule has 0 fully saturated rings. The Morgan fingerprint density at radius 1 is 1.25 bits per heavy atom. The lowest BCUT2D eigenvalue weighted by Crippen LogP contribution is -1.99. The minimum atomic E-state index is 0.319. The smallest absolute Gasteiger partial charge is 0.0428 e. The lowest BCUT2D eigenvalue weighted by molar-refractivity contribution is 0.295. The van der Waals surface area contributed by atoms with Crippen LogP contribution in [0.2, 0.25) is 0 Å². The molecule has 0 aromatic heterocycles. The topological polar surface area (TPSA) is 23.5 Å². The van der Waals surface area contributed by atoms with Crippen molar-refractivity contribution in [3.63, 3.8) is 0 Å². The molecule has 0 aromatic rings. The molecule has 0 aromatic carbocycles. The highest BCUT2D eigenvalue weighted by Gasteiger charge is 1.58. The molecule has 0 bridgehead atoms. The average Bonchev–Trinajstić information content (AvgIpc) is 1.65. The van der Waals surface area contributed by atoms with Gasteiger partial charge in [-0.25, -0.2) is 0 Å². The quantitative estimate of drug-likeness (QED) is 0.545. The SMILES string of the molecule is CCCO.CN(C)C. The first-order chi connectivity index (χ1) is 3.65. The predicted octanol–water partition coefficient (Wildman–Crippen LogP) is 0.567. The van der Waals surface area contributed by atoms with Gasteiger partial charge in [-0.1, -0.05) is 6.92 Å². The van der Waals surface area contributed by atoms with Crippen molar-refractivity contribution >= 4 is 0 Å². The van der Waals surface area contributed by atoms with E-state index in [0.29, 0.717) is 6.61 Å². The van der Waals surface area contributed by atoms with E-state index in [1.807, 2.05) is 33.0 Å². The fraction of sp³-hybridized carbons (Fsp3) is 1.00. The van der Waals surface area contributed by atoms with Crippen molar-refractivity contribution in [2.45, 2.75) is 13.3 Å². The Morgan fingerprint density at radius 2 is 1.38 bits per heavy atom. The van der Waals surface area contributed by atoms with Crippen molar-refractivity contribution in [3.05, 3.63) is 0 Å². The number of hydrogen-bond acceptors (Lipinski definition) is 2. The molecule has 0 radical (unpaired) electrons. The maximum absolute atomic E-state index is 7.88. The summed E-state index contributed by atoms with van der Waals surface area (Å²) in [4.78, 5) is 2.00. The maximum Gasteiger partial charge on any atom is 0.0428 e. The van der Waals surface area contributed by atoms with Crippen LogP contribution in [-0.4, -0.2) is 37.8 Å². The van der Waals surface area contributed by atoms with Crippen molar-refractivity contribution < 1.29 is 5.11 Å². The van der Waals surface area contributed by atoms with Crippen LogP contribution in [0.1, 0.15) is 13.3 Å². The number of hydrogen-bond donors (Lipinski definition) is 1. The summed E-state index contributed by atoms with van der Waals surface area (Å²) in [5.74, 6) is 0. The molecule has 0 atom stereocenters. The first-order valence-corrected chi connectivity index (χ1v) is 2.86.